The number of carbonyl (C=O) groups is 2. The summed E-state index contributed by atoms with van der Waals surface area (Å²) in [5, 5.41) is 0. The van der Waals surface area contributed by atoms with E-state index in [1.165, 1.54) is 6.08 Å². The lowest BCUT2D eigenvalue weighted by molar-refractivity contribution is -0.141. The van der Waals surface area contributed by atoms with Crippen LogP contribution in [0.3, 0.4) is 0 Å². The molecule has 8 heteroatoms. The van der Waals surface area contributed by atoms with Gasteiger partial charge in [0.15, 0.2) is 11.5 Å². The van der Waals surface area contributed by atoms with Gasteiger partial charge in [-0.15, -0.1) is 0 Å². The molecule has 0 saturated carbocycles. The van der Waals surface area contributed by atoms with Crippen LogP contribution in [-0.2, 0) is 14.3 Å². The van der Waals surface area contributed by atoms with E-state index in [1.54, 1.807) is 18.2 Å². The topological polar surface area (TPSA) is 124 Å². The smallest absolute Gasteiger partial charge is 0.441 e. The lowest BCUT2D eigenvalue weighted by Gasteiger charge is -2.10. The van der Waals surface area contributed by atoms with E-state index in [0.717, 1.165) is 0 Å². The summed E-state index contributed by atoms with van der Waals surface area (Å²) in [5.41, 5.74) is 14.7. The summed E-state index contributed by atoms with van der Waals surface area (Å²) < 4.78 is 15.1. The lowest BCUT2D eigenvalue weighted by Crippen LogP contribution is -2.30. The molecule has 1 aromatic rings. The maximum absolute atomic E-state index is 12.0. The maximum atomic E-state index is 12.0. The minimum absolute atomic E-state index is 0.0979. The van der Waals surface area contributed by atoms with Gasteiger partial charge in [-0.3, -0.25) is 4.79 Å². The highest BCUT2D eigenvalue weighted by Gasteiger charge is 2.32. The Kier molecular flexibility index (Phi) is 5.24. The average molecular weight is 317 g/mol. The molecule has 0 spiro atoms. The van der Waals surface area contributed by atoms with Gasteiger partial charge in [-0.1, -0.05) is 18.7 Å². The standard InChI is InChI=1S/C15H15N3O5/c1-2-5-21-15(20)14(18-17)11(19)7-10(16)9-3-4-12-13(6-9)23-8-22-12/h2-4,6,10H,1,5,7-8,16H2/t10-/m1/s1. The fraction of sp³-hybridized carbons (Fsp3) is 0.267. The third kappa shape index (κ3) is 3.82. The molecule has 1 atom stereocenters. The van der Waals surface area contributed by atoms with E-state index in [0.29, 0.717) is 17.1 Å². The van der Waals surface area contributed by atoms with Gasteiger partial charge in [0.25, 0.3) is 5.78 Å². The van der Waals surface area contributed by atoms with E-state index in [1.807, 2.05) is 0 Å². The predicted octanol–water partition coefficient (Wildman–Crippen LogP) is 0.774. The molecular weight excluding hydrogens is 302 g/mol. The number of ether oxygens (including phenoxy) is 3. The van der Waals surface area contributed by atoms with Gasteiger partial charge in [0.1, 0.15) is 6.61 Å². The minimum Gasteiger partial charge on any atom is -0.454 e. The third-order valence-electron chi connectivity index (χ3n) is 3.12. The number of benzene rings is 1. The molecule has 1 aliphatic heterocycles. The summed E-state index contributed by atoms with van der Waals surface area (Å²) in [6.45, 7) is 3.40. The number of hydrogen-bond acceptors (Lipinski definition) is 6. The molecule has 0 aromatic heterocycles. The van der Waals surface area contributed by atoms with Gasteiger partial charge in [0, 0.05) is 12.5 Å². The molecule has 0 amide bonds. The molecule has 2 N–H and O–H groups in total. The van der Waals surface area contributed by atoms with Crippen LogP contribution >= 0.6 is 0 Å². The van der Waals surface area contributed by atoms with Crippen molar-refractivity contribution in [3.8, 4) is 11.5 Å². The molecule has 1 aromatic carbocycles. The molecule has 1 aliphatic rings. The van der Waals surface area contributed by atoms with Crippen LogP contribution in [0, 0.1) is 0 Å². The van der Waals surface area contributed by atoms with Crippen LogP contribution in [0.4, 0.5) is 0 Å². The largest absolute Gasteiger partial charge is 0.454 e. The quantitative estimate of drug-likeness (QED) is 0.198. The first-order chi connectivity index (χ1) is 11.1. The highest BCUT2D eigenvalue weighted by Crippen LogP contribution is 2.34. The molecule has 0 saturated heterocycles. The molecule has 0 radical (unpaired) electrons. The number of nitrogens with two attached hydrogens (primary N) is 1. The monoisotopic (exact) mass is 317 g/mol. The first kappa shape index (κ1) is 16.4. The van der Waals surface area contributed by atoms with Crippen LogP contribution in [0.25, 0.3) is 5.53 Å². The fourth-order valence-corrected chi connectivity index (χ4v) is 1.97. The first-order valence-electron chi connectivity index (χ1n) is 6.75. The summed E-state index contributed by atoms with van der Waals surface area (Å²) in [4.78, 5) is 26.3. The minimum atomic E-state index is -1.03. The number of hydrogen-bond donors (Lipinski definition) is 1. The van der Waals surface area contributed by atoms with Crippen molar-refractivity contribution in [2.75, 3.05) is 13.4 Å². The SMILES string of the molecule is C=CCOC(=O)C(=[N+]=[N-])C(=O)C[C@@H](N)c1ccc2c(c1)OCO2. The normalized spacial score (nSPS) is 12.9. The van der Waals surface area contributed by atoms with E-state index in [4.69, 9.17) is 20.7 Å². The molecule has 0 fully saturated rings. The van der Waals surface area contributed by atoms with Crippen molar-refractivity contribution in [3.63, 3.8) is 0 Å². The number of esters is 1. The van der Waals surface area contributed by atoms with Crippen LogP contribution < -0.4 is 15.2 Å². The number of fused-ring (bicyclic) bond motifs is 1. The fourth-order valence-electron chi connectivity index (χ4n) is 1.97. The van der Waals surface area contributed by atoms with E-state index >= 15 is 0 Å². The Morgan fingerprint density at radius 3 is 2.87 bits per heavy atom. The number of rotatable bonds is 7. The van der Waals surface area contributed by atoms with Gasteiger partial charge in [-0.05, 0) is 17.7 Å². The Bertz CT molecular complexity index is 694. The zero-order chi connectivity index (χ0) is 16.8. The number of ketones is 1. The average Bonchev–Trinajstić information content (AvgIpc) is 3.00. The number of Topliss-reactive ketones (excluding diaryl/α,β-unsaturated/α-hetero) is 1. The van der Waals surface area contributed by atoms with E-state index in [-0.39, 0.29) is 19.8 Å². The van der Waals surface area contributed by atoms with Gasteiger partial charge in [-0.25, -0.2) is 4.79 Å². The van der Waals surface area contributed by atoms with Gasteiger partial charge in [0.05, 0.1) is 0 Å². The summed E-state index contributed by atoms with van der Waals surface area (Å²) in [7, 11) is 0. The molecule has 120 valence electrons. The zero-order valence-electron chi connectivity index (χ0n) is 12.2. The van der Waals surface area contributed by atoms with Crippen molar-refractivity contribution in [1.82, 2.24) is 0 Å². The van der Waals surface area contributed by atoms with Crippen molar-refractivity contribution in [3.05, 3.63) is 41.9 Å². The van der Waals surface area contributed by atoms with Crippen LogP contribution in [-0.4, -0.2) is 35.7 Å². The Morgan fingerprint density at radius 2 is 2.17 bits per heavy atom. The Labute approximate surface area is 132 Å². The van der Waals surface area contributed by atoms with Crippen LogP contribution in [0.5, 0.6) is 11.5 Å². The number of carbonyl (C=O) groups excluding carboxylic acids is 2. The Balaban J connectivity index is 2.05. The van der Waals surface area contributed by atoms with E-state index in [9.17, 15) is 9.59 Å². The van der Waals surface area contributed by atoms with E-state index in [2.05, 4.69) is 16.1 Å². The van der Waals surface area contributed by atoms with Gasteiger partial charge in [0.2, 0.25) is 6.79 Å². The van der Waals surface area contributed by atoms with Crippen LogP contribution in [0.2, 0.25) is 0 Å². The molecule has 0 aliphatic carbocycles. The summed E-state index contributed by atoms with van der Waals surface area (Å²) in [6, 6.07) is 4.33. The highest BCUT2D eigenvalue weighted by atomic mass is 16.7. The molecule has 1 heterocycles. The van der Waals surface area contributed by atoms with Crippen molar-refractivity contribution in [2.45, 2.75) is 12.5 Å². The first-order valence-corrected chi connectivity index (χ1v) is 6.75. The molecule has 0 bridgehead atoms. The molecule has 2 rings (SSSR count). The predicted molar refractivity (Wildman–Crippen MR) is 78.9 cm³/mol. The zero-order valence-corrected chi connectivity index (χ0v) is 12.2. The Hall–Kier alpha value is -2.96. The highest BCUT2D eigenvalue weighted by molar-refractivity contribution is 6.62. The second-order valence-corrected chi connectivity index (χ2v) is 4.68. The summed E-state index contributed by atoms with van der Waals surface area (Å²) in [5.74, 6) is -0.633. The second kappa shape index (κ2) is 7.35. The van der Waals surface area contributed by atoms with Crippen molar-refractivity contribution in [2.24, 2.45) is 5.73 Å². The second-order valence-electron chi connectivity index (χ2n) is 4.68. The third-order valence-corrected chi connectivity index (χ3v) is 3.12. The number of nitrogens with zero attached hydrogens (tertiary/aromatic N) is 2. The van der Waals surface area contributed by atoms with E-state index < -0.39 is 23.5 Å². The molecule has 8 nitrogen and oxygen atoms in total. The van der Waals surface area contributed by atoms with Gasteiger partial charge < -0.3 is 25.5 Å². The van der Waals surface area contributed by atoms with Crippen LogP contribution in [0.15, 0.2) is 30.9 Å². The molecule has 0 unspecified atom stereocenters. The molecular formula is C15H15N3O5. The molecule has 23 heavy (non-hydrogen) atoms. The van der Waals surface area contributed by atoms with Crippen molar-refractivity contribution < 1.29 is 28.6 Å². The maximum Gasteiger partial charge on any atom is 0.441 e. The van der Waals surface area contributed by atoms with Gasteiger partial charge in [-0.2, -0.15) is 4.79 Å². The van der Waals surface area contributed by atoms with Crippen LogP contribution in [0.1, 0.15) is 18.0 Å². The lowest BCUT2D eigenvalue weighted by atomic mass is 10.00. The van der Waals surface area contributed by atoms with Crippen molar-refractivity contribution >= 4 is 17.5 Å². The summed E-state index contributed by atoms with van der Waals surface area (Å²) >= 11 is 0. The van der Waals surface area contributed by atoms with Crippen molar-refractivity contribution in [1.29, 1.82) is 0 Å². The van der Waals surface area contributed by atoms with Gasteiger partial charge >= 0.3 is 11.7 Å². The summed E-state index contributed by atoms with van der Waals surface area (Å²) in [6.07, 6.45) is 1.10. The Morgan fingerprint density at radius 1 is 1.43 bits per heavy atom.